The molecule has 0 amide bonds. The maximum absolute atomic E-state index is 2.22. The average molecular weight is 92.1 g/mol. The first-order valence-corrected chi connectivity index (χ1v) is 3.54. The molecular weight excluding hydrogens is 79.0 g/mol. The summed E-state index contributed by atoms with van der Waals surface area (Å²) in [6, 6.07) is 0. The van der Waals surface area contributed by atoms with Crippen LogP contribution in [-0.2, 0) is 0 Å². The van der Waals surface area contributed by atoms with Crippen molar-refractivity contribution in [2.75, 3.05) is 12.3 Å². The lowest BCUT2D eigenvalue weighted by Crippen LogP contribution is -1.59. The molecule has 5 heavy (non-hydrogen) atoms. The summed E-state index contributed by atoms with van der Waals surface area (Å²) >= 11 is 0. The molecule has 0 aliphatic heterocycles. The van der Waals surface area contributed by atoms with Gasteiger partial charge in [-0.05, 0) is 12.3 Å². The largest absolute Gasteiger partial charge is 0.123 e. The minimum absolute atomic E-state index is 0. The second-order valence-corrected chi connectivity index (χ2v) is 2.87. The quantitative estimate of drug-likeness (QED) is 0.457. The van der Waals surface area contributed by atoms with E-state index in [0.717, 1.165) is 0 Å². The average Bonchev–Trinajstić information content (AvgIpc) is 1.41. The van der Waals surface area contributed by atoms with Crippen molar-refractivity contribution in [1.82, 2.24) is 0 Å². The highest BCUT2D eigenvalue weighted by molar-refractivity contribution is 7.37. The van der Waals surface area contributed by atoms with Gasteiger partial charge in [-0.3, -0.25) is 0 Å². The van der Waals surface area contributed by atoms with Crippen molar-refractivity contribution in [2.24, 2.45) is 0 Å². The predicted molar refractivity (Wildman–Crippen MR) is 31.5 cm³/mol. The fourth-order valence-corrected chi connectivity index (χ4v) is 0.750. The molecule has 1 heteroatoms. The van der Waals surface area contributed by atoms with E-state index in [-0.39, 0.29) is 1.43 Å². The van der Waals surface area contributed by atoms with Crippen LogP contribution in [0, 0.1) is 0 Å². The third kappa shape index (κ3) is 4.43. The minimum Gasteiger partial charge on any atom is -0.123 e. The summed E-state index contributed by atoms with van der Waals surface area (Å²) in [5.74, 6) is 0. The fourth-order valence-electron chi connectivity index (χ4n) is 0.250. The molecule has 0 atom stereocenters. The SMILES string of the molecule is CCPCC.[HH]. The van der Waals surface area contributed by atoms with Crippen LogP contribution < -0.4 is 0 Å². The fraction of sp³-hybridized carbons (Fsp3) is 1.00. The highest BCUT2D eigenvalue weighted by Gasteiger charge is 1.66. The van der Waals surface area contributed by atoms with Gasteiger partial charge >= 0.3 is 0 Å². The second kappa shape index (κ2) is 4.43. The molecule has 0 heterocycles. The van der Waals surface area contributed by atoms with Crippen molar-refractivity contribution in [2.45, 2.75) is 13.8 Å². The first kappa shape index (κ1) is 5.43. The number of hydrogen-bond donors (Lipinski definition) is 0. The molecule has 0 aromatic carbocycles. The standard InChI is InChI=1S/C4H11P.H2/c1-3-5-4-2;/h5H,3-4H2,1-2H3;1H. The zero-order valence-electron chi connectivity index (χ0n) is 3.91. The van der Waals surface area contributed by atoms with E-state index in [4.69, 9.17) is 0 Å². The Morgan fingerprint density at radius 3 is 1.80 bits per heavy atom. The smallest absolute Gasteiger partial charge is 0 e. The molecule has 0 saturated carbocycles. The Bertz CT molecular complexity index is 15.0. The van der Waals surface area contributed by atoms with E-state index in [9.17, 15) is 0 Å². The summed E-state index contributed by atoms with van der Waals surface area (Å²) in [5, 5.41) is 0. The molecule has 0 N–H and O–H groups in total. The van der Waals surface area contributed by atoms with E-state index in [1.165, 1.54) is 20.9 Å². The lowest BCUT2D eigenvalue weighted by atomic mass is 11.0. The molecular formula is C4H13P. The Labute approximate surface area is 37.2 Å². The molecule has 0 bridgehead atoms. The molecule has 0 spiro atoms. The van der Waals surface area contributed by atoms with Gasteiger partial charge in [0, 0.05) is 1.43 Å². The number of rotatable bonds is 2. The van der Waals surface area contributed by atoms with Crippen LogP contribution in [-0.4, -0.2) is 12.3 Å². The zero-order valence-corrected chi connectivity index (χ0v) is 4.91. The van der Waals surface area contributed by atoms with Crippen molar-refractivity contribution in [1.29, 1.82) is 0 Å². The summed E-state index contributed by atoms with van der Waals surface area (Å²) in [6.07, 6.45) is 2.74. The highest BCUT2D eigenvalue weighted by Crippen LogP contribution is 2.03. The van der Waals surface area contributed by atoms with Gasteiger partial charge in [-0.1, -0.05) is 13.8 Å². The zero-order chi connectivity index (χ0) is 4.12. The molecule has 0 aromatic heterocycles. The molecule has 0 aliphatic carbocycles. The van der Waals surface area contributed by atoms with Crippen LogP contribution in [0.1, 0.15) is 15.3 Å². The van der Waals surface area contributed by atoms with Crippen LogP contribution >= 0.6 is 8.58 Å². The van der Waals surface area contributed by atoms with Gasteiger partial charge < -0.3 is 0 Å². The van der Waals surface area contributed by atoms with Crippen molar-refractivity contribution in [3.63, 3.8) is 0 Å². The Morgan fingerprint density at radius 1 is 1.40 bits per heavy atom. The maximum atomic E-state index is 2.22. The second-order valence-electron chi connectivity index (χ2n) is 0.957. The van der Waals surface area contributed by atoms with E-state index >= 15 is 0 Å². The van der Waals surface area contributed by atoms with E-state index in [0.29, 0.717) is 0 Å². The Hall–Kier alpha value is 0.430. The Balaban J connectivity index is 0. The molecule has 0 nitrogen and oxygen atoms in total. The third-order valence-electron chi connectivity index (χ3n) is 0.500. The predicted octanol–water partition coefficient (Wildman–Crippen LogP) is 1.95. The van der Waals surface area contributed by atoms with Crippen molar-refractivity contribution in [3.05, 3.63) is 0 Å². The molecule has 0 saturated heterocycles. The third-order valence-corrected chi connectivity index (χ3v) is 1.50. The molecule has 0 aliphatic rings. The van der Waals surface area contributed by atoms with Gasteiger partial charge in [0.1, 0.15) is 0 Å². The van der Waals surface area contributed by atoms with Gasteiger partial charge in [-0.15, -0.1) is 8.58 Å². The van der Waals surface area contributed by atoms with E-state index in [1.54, 1.807) is 0 Å². The normalized spacial score (nSPS) is 8.40. The first-order chi connectivity index (χ1) is 2.41. The molecule has 0 radical (unpaired) electrons. The van der Waals surface area contributed by atoms with Crippen LogP contribution in [0.5, 0.6) is 0 Å². The number of hydrogen-bond acceptors (Lipinski definition) is 0. The van der Waals surface area contributed by atoms with Crippen molar-refractivity contribution >= 4 is 8.58 Å². The minimum atomic E-state index is 0. The molecule has 0 rings (SSSR count). The molecule has 0 fully saturated rings. The van der Waals surface area contributed by atoms with Crippen molar-refractivity contribution < 1.29 is 1.43 Å². The Kier molecular flexibility index (Phi) is 4.81. The van der Waals surface area contributed by atoms with Gasteiger partial charge in [0.05, 0.1) is 0 Å². The maximum Gasteiger partial charge on any atom is 0 e. The van der Waals surface area contributed by atoms with Crippen LogP contribution in [0.4, 0.5) is 0 Å². The van der Waals surface area contributed by atoms with Crippen LogP contribution in [0.2, 0.25) is 0 Å². The molecule has 0 unspecified atom stereocenters. The highest BCUT2D eigenvalue weighted by atomic mass is 31.1. The monoisotopic (exact) mass is 92.1 g/mol. The van der Waals surface area contributed by atoms with Crippen LogP contribution in [0.15, 0.2) is 0 Å². The lowest BCUT2D eigenvalue weighted by Gasteiger charge is -1.80. The molecule has 0 aromatic rings. The Morgan fingerprint density at radius 2 is 1.80 bits per heavy atom. The summed E-state index contributed by atoms with van der Waals surface area (Å²) in [7, 11) is 1.20. The first-order valence-electron chi connectivity index (χ1n) is 2.12. The summed E-state index contributed by atoms with van der Waals surface area (Å²) < 4.78 is 0. The summed E-state index contributed by atoms with van der Waals surface area (Å²) in [5.41, 5.74) is 0. The van der Waals surface area contributed by atoms with Gasteiger partial charge in [0.15, 0.2) is 0 Å². The summed E-state index contributed by atoms with van der Waals surface area (Å²) in [6.45, 7) is 4.45. The van der Waals surface area contributed by atoms with E-state index in [1.807, 2.05) is 0 Å². The summed E-state index contributed by atoms with van der Waals surface area (Å²) in [4.78, 5) is 0. The van der Waals surface area contributed by atoms with Gasteiger partial charge in [-0.2, -0.15) is 0 Å². The lowest BCUT2D eigenvalue weighted by molar-refractivity contribution is 1.44. The van der Waals surface area contributed by atoms with Crippen LogP contribution in [0.3, 0.4) is 0 Å². The van der Waals surface area contributed by atoms with Gasteiger partial charge in [-0.25, -0.2) is 0 Å². The van der Waals surface area contributed by atoms with Crippen molar-refractivity contribution in [3.8, 4) is 0 Å². The van der Waals surface area contributed by atoms with E-state index < -0.39 is 0 Å². The molecule has 34 valence electrons. The van der Waals surface area contributed by atoms with Gasteiger partial charge in [0.2, 0.25) is 0 Å². The van der Waals surface area contributed by atoms with Gasteiger partial charge in [0.25, 0.3) is 0 Å². The van der Waals surface area contributed by atoms with Crippen LogP contribution in [0.25, 0.3) is 0 Å². The topological polar surface area (TPSA) is 0 Å². The van der Waals surface area contributed by atoms with E-state index in [2.05, 4.69) is 13.8 Å².